The summed E-state index contributed by atoms with van der Waals surface area (Å²) in [5.74, 6) is -0.855. The van der Waals surface area contributed by atoms with Crippen molar-refractivity contribution in [2.75, 3.05) is 7.11 Å². The highest BCUT2D eigenvalue weighted by Gasteiger charge is 2.26. The predicted molar refractivity (Wildman–Crippen MR) is 74.6 cm³/mol. The van der Waals surface area contributed by atoms with Gasteiger partial charge in [0, 0.05) is 13.2 Å². The highest BCUT2D eigenvalue weighted by atomic mass is 35.5. The molecule has 1 rings (SSSR count). The molecule has 0 fully saturated rings. The molecule has 0 heterocycles. The molecule has 1 aromatic rings. The fourth-order valence-corrected chi connectivity index (χ4v) is 3.05. The Kier molecular flexibility index (Phi) is 5.26. The molecule has 0 bridgehead atoms. The number of carbonyl (C=O) groups is 1. The number of halogens is 1. The fraction of sp³-hybridized carbons (Fsp3) is 0.364. The fourth-order valence-electron chi connectivity index (χ4n) is 1.45. The second-order valence-electron chi connectivity index (χ2n) is 4.17. The van der Waals surface area contributed by atoms with Crippen molar-refractivity contribution in [3.8, 4) is 0 Å². The van der Waals surface area contributed by atoms with Crippen LogP contribution in [0.3, 0.4) is 0 Å². The molecule has 0 aromatic heterocycles. The number of aryl methyl sites for hydroxylation is 1. The van der Waals surface area contributed by atoms with Crippen LogP contribution in [0.5, 0.6) is 0 Å². The summed E-state index contributed by atoms with van der Waals surface area (Å²) in [6.07, 6.45) is -0.964. The van der Waals surface area contributed by atoms with Crippen LogP contribution in [0.1, 0.15) is 12.5 Å². The molecule has 0 aliphatic carbocycles. The number of nitro benzene ring substituents is 1. The van der Waals surface area contributed by atoms with Gasteiger partial charge in [-0.3, -0.25) is 14.9 Å². The van der Waals surface area contributed by atoms with Crippen LogP contribution in [0.2, 0.25) is 5.02 Å². The Balaban J connectivity index is 3.24. The summed E-state index contributed by atoms with van der Waals surface area (Å²) in [6, 6.07) is 1.96. The normalized spacial score (nSPS) is 12.8. The van der Waals surface area contributed by atoms with Gasteiger partial charge < -0.3 is 4.74 Å². The van der Waals surface area contributed by atoms with Gasteiger partial charge in [-0.2, -0.15) is 0 Å². The van der Waals surface area contributed by atoms with Crippen molar-refractivity contribution in [1.29, 1.82) is 0 Å². The molecule has 1 N–H and O–H groups in total. The van der Waals surface area contributed by atoms with Crippen LogP contribution in [0.4, 0.5) is 5.69 Å². The van der Waals surface area contributed by atoms with Crippen LogP contribution in [0.15, 0.2) is 17.0 Å². The number of nitrogens with zero attached hydrogens (tertiary/aromatic N) is 1. The largest absolute Gasteiger partial charge is 0.372 e. The molecular weight excluding hydrogens is 324 g/mol. The molecule has 0 aliphatic heterocycles. The SMILES string of the molecule is CO[C@H](C)C(=O)NS(=O)(=O)c1cc(Cl)c([N+](=O)[O-])cc1C. The zero-order chi connectivity index (χ0) is 16.4. The van der Waals surface area contributed by atoms with Gasteiger partial charge in [0.2, 0.25) is 0 Å². The summed E-state index contributed by atoms with van der Waals surface area (Å²) < 4.78 is 30.7. The third kappa shape index (κ3) is 3.90. The van der Waals surface area contributed by atoms with E-state index in [0.29, 0.717) is 0 Å². The second kappa shape index (κ2) is 6.37. The highest BCUT2D eigenvalue weighted by molar-refractivity contribution is 7.90. The molecule has 21 heavy (non-hydrogen) atoms. The van der Waals surface area contributed by atoms with Crippen LogP contribution in [0, 0.1) is 17.0 Å². The lowest BCUT2D eigenvalue weighted by atomic mass is 10.2. The van der Waals surface area contributed by atoms with Gasteiger partial charge in [-0.1, -0.05) is 11.6 Å². The lowest BCUT2D eigenvalue weighted by Crippen LogP contribution is -2.38. The van der Waals surface area contributed by atoms with Crippen molar-refractivity contribution in [3.63, 3.8) is 0 Å². The Morgan fingerprint density at radius 2 is 2.05 bits per heavy atom. The number of ether oxygens (including phenoxy) is 1. The maximum absolute atomic E-state index is 12.1. The van der Waals surface area contributed by atoms with E-state index in [9.17, 15) is 23.3 Å². The van der Waals surface area contributed by atoms with Gasteiger partial charge in [-0.05, 0) is 25.5 Å². The van der Waals surface area contributed by atoms with E-state index in [1.54, 1.807) is 0 Å². The molecule has 1 amide bonds. The Morgan fingerprint density at radius 1 is 1.48 bits per heavy atom. The molecule has 8 nitrogen and oxygen atoms in total. The quantitative estimate of drug-likeness (QED) is 0.641. The molecule has 1 atom stereocenters. The first-order chi connectivity index (χ1) is 9.60. The molecule has 10 heteroatoms. The maximum atomic E-state index is 12.1. The molecule has 0 aliphatic rings. The summed E-state index contributed by atoms with van der Waals surface area (Å²) in [4.78, 5) is 21.3. The van der Waals surface area contributed by atoms with Crippen LogP contribution in [-0.2, 0) is 19.6 Å². The average molecular weight is 337 g/mol. The van der Waals surface area contributed by atoms with Crippen LogP contribution in [-0.4, -0.2) is 32.5 Å². The van der Waals surface area contributed by atoms with E-state index in [-0.39, 0.29) is 15.5 Å². The van der Waals surface area contributed by atoms with Crippen LogP contribution >= 0.6 is 11.6 Å². The number of amides is 1. The number of nitrogens with one attached hydrogen (secondary N) is 1. The minimum Gasteiger partial charge on any atom is -0.372 e. The van der Waals surface area contributed by atoms with E-state index in [1.807, 2.05) is 4.72 Å². The standard InChI is InChI=1S/C11H13ClN2O6S/c1-6-4-9(14(16)17)8(12)5-10(6)21(18,19)13-11(15)7(2)20-3/h4-5,7H,1-3H3,(H,13,15)/t7-/m1/s1. The van der Waals surface area contributed by atoms with Gasteiger partial charge in [0.15, 0.2) is 0 Å². The minimum atomic E-state index is -4.20. The number of nitro groups is 1. The molecule has 0 radical (unpaired) electrons. The van der Waals surface area contributed by atoms with Gasteiger partial charge in [0.25, 0.3) is 21.6 Å². The van der Waals surface area contributed by atoms with Gasteiger partial charge in [-0.25, -0.2) is 13.1 Å². The number of hydrogen-bond acceptors (Lipinski definition) is 6. The summed E-state index contributed by atoms with van der Waals surface area (Å²) >= 11 is 5.69. The number of carbonyl (C=O) groups excluding carboxylic acids is 1. The van der Waals surface area contributed by atoms with Gasteiger partial charge >= 0.3 is 0 Å². The minimum absolute atomic E-state index is 0.0940. The van der Waals surface area contributed by atoms with Gasteiger partial charge in [0.1, 0.15) is 11.1 Å². The van der Waals surface area contributed by atoms with Crippen LogP contribution < -0.4 is 4.72 Å². The van der Waals surface area contributed by atoms with E-state index >= 15 is 0 Å². The molecule has 0 saturated heterocycles. The highest BCUT2D eigenvalue weighted by Crippen LogP contribution is 2.29. The van der Waals surface area contributed by atoms with E-state index in [2.05, 4.69) is 0 Å². The Morgan fingerprint density at radius 3 is 2.52 bits per heavy atom. The van der Waals surface area contributed by atoms with E-state index in [0.717, 1.165) is 12.1 Å². The molecule has 0 unspecified atom stereocenters. The topological polar surface area (TPSA) is 116 Å². The Labute approximate surface area is 126 Å². The first-order valence-electron chi connectivity index (χ1n) is 5.64. The van der Waals surface area contributed by atoms with Gasteiger partial charge in [-0.15, -0.1) is 0 Å². The summed E-state index contributed by atoms with van der Waals surface area (Å²) in [6.45, 7) is 2.74. The number of sulfonamides is 1. The first kappa shape index (κ1) is 17.3. The lowest BCUT2D eigenvalue weighted by molar-refractivity contribution is -0.384. The lowest BCUT2D eigenvalue weighted by Gasteiger charge is -2.12. The van der Waals surface area contributed by atoms with Crippen molar-refractivity contribution in [2.24, 2.45) is 0 Å². The van der Waals surface area contributed by atoms with E-state index < -0.39 is 32.6 Å². The summed E-state index contributed by atoms with van der Waals surface area (Å²) in [7, 11) is -2.94. The molecule has 0 spiro atoms. The Bertz CT molecular complexity index is 688. The summed E-state index contributed by atoms with van der Waals surface area (Å²) in [5.41, 5.74) is -0.318. The number of benzene rings is 1. The number of methoxy groups -OCH3 is 1. The molecule has 0 saturated carbocycles. The van der Waals surface area contributed by atoms with Crippen molar-refractivity contribution in [3.05, 3.63) is 32.8 Å². The number of hydrogen-bond donors (Lipinski definition) is 1. The van der Waals surface area contributed by atoms with Crippen molar-refractivity contribution in [2.45, 2.75) is 24.8 Å². The summed E-state index contributed by atoms with van der Waals surface area (Å²) in [5, 5.41) is 10.4. The third-order valence-corrected chi connectivity index (χ3v) is 4.48. The zero-order valence-electron chi connectivity index (χ0n) is 11.4. The van der Waals surface area contributed by atoms with Crippen molar-refractivity contribution >= 4 is 33.2 Å². The number of rotatable bonds is 5. The van der Waals surface area contributed by atoms with E-state index in [4.69, 9.17) is 16.3 Å². The maximum Gasteiger partial charge on any atom is 0.288 e. The zero-order valence-corrected chi connectivity index (χ0v) is 13.0. The Hall–Kier alpha value is -1.71. The smallest absolute Gasteiger partial charge is 0.288 e. The van der Waals surface area contributed by atoms with Crippen molar-refractivity contribution < 1.29 is 22.9 Å². The monoisotopic (exact) mass is 336 g/mol. The average Bonchev–Trinajstić information content (AvgIpc) is 2.38. The van der Waals surface area contributed by atoms with E-state index in [1.165, 1.54) is 21.0 Å². The van der Waals surface area contributed by atoms with Crippen LogP contribution in [0.25, 0.3) is 0 Å². The van der Waals surface area contributed by atoms with Crippen molar-refractivity contribution in [1.82, 2.24) is 4.72 Å². The molecular formula is C11H13ClN2O6S. The molecule has 116 valence electrons. The second-order valence-corrected chi connectivity index (χ2v) is 6.23. The van der Waals surface area contributed by atoms with Gasteiger partial charge in [0.05, 0.1) is 9.82 Å². The molecule has 1 aromatic carbocycles. The third-order valence-electron chi connectivity index (χ3n) is 2.69. The first-order valence-corrected chi connectivity index (χ1v) is 7.50. The predicted octanol–water partition coefficient (Wildman–Crippen LogP) is 1.40.